The number of rotatable bonds is 7. The normalized spacial score (nSPS) is 12.6. The number of terminal acetylenes is 1. The van der Waals surface area contributed by atoms with E-state index < -0.39 is 35.4 Å². The summed E-state index contributed by atoms with van der Waals surface area (Å²) in [4.78, 5) is 36.1. The van der Waals surface area contributed by atoms with Crippen LogP contribution in [0.25, 0.3) is 11.1 Å². The first kappa shape index (κ1) is 23.5. The van der Waals surface area contributed by atoms with Gasteiger partial charge in [-0.1, -0.05) is 54.6 Å². The zero-order valence-corrected chi connectivity index (χ0v) is 18.5. The second-order valence-electron chi connectivity index (χ2n) is 7.89. The lowest BCUT2D eigenvalue weighted by Crippen LogP contribution is -2.40. The van der Waals surface area contributed by atoms with Crippen LogP contribution in [0.2, 0.25) is 0 Å². The van der Waals surface area contributed by atoms with Gasteiger partial charge in [-0.3, -0.25) is 10.1 Å². The average Bonchev–Trinajstić information content (AvgIpc) is 3.17. The zero-order chi connectivity index (χ0) is 24.9. The van der Waals surface area contributed by atoms with Crippen LogP contribution in [0, 0.1) is 18.2 Å². The fraction of sp³-hybridized carbons (Fsp3) is 0.148. The summed E-state index contributed by atoms with van der Waals surface area (Å²) in [5, 5.41) is 13.6. The van der Waals surface area contributed by atoms with Crippen LogP contribution in [0.3, 0.4) is 0 Å². The molecule has 176 valence electrons. The molecule has 3 aromatic carbocycles. The number of nitrogens with one attached hydrogen (secondary N) is 2. The predicted molar refractivity (Wildman–Crippen MR) is 127 cm³/mol. The fourth-order valence-electron chi connectivity index (χ4n) is 4.10. The molecule has 0 aliphatic heterocycles. The Morgan fingerprint density at radius 2 is 1.63 bits per heavy atom. The molecule has 0 saturated carbocycles. The average molecular weight is 472 g/mol. The lowest BCUT2D eigenvalue weighted by atomic mass is 9.98. The molecule has 8 heteroatoms. The minimum Gasteiger partial charge on any atom is -0.480 e. The van der Waals surface area contributed by atoms with Gasteiger partial charge in [-0.2, -0.15) is 0 Å². The molecular formula is C27H21FN2O5. The van der Waals surface area contributed by atoms with Crippen molar-refractivity contribution >= 4 is 23.7 Å². The molecule has 1 aliphatic carbocycles. The van der Waals surface area contributed by atoms with E-state index in [0.29, 0.717) is 0 Å². The van der Waals surface area contributed by atoms with Gasteiger partial charge in [-0.15, -0.1) is 12.3 Å². The maximum absolute atomic E-state index is 14.9. The van der Waals surface area contributed by atoms with Crippen molar-refractivity contribution in [1.82, 2.24) is 5.32 Å². The Morgan fingerprint density at radius 3 is 2.23 bits per heavy atom. The van der Waals surface area contributed by atoms with Crippen LogP contribution in [0.15, 0.2) is 66.7 Å². The molecule has 0 spiro atoms. The van der Waals surface area contributed by atoms with Crippen molar-refractivity contribution in [2.45, 2.75) is 18.4 Å². The first-order chi connectivity index (χ1) is 16.9. The molecule has 0 saturated heterocycles. The SMILES string of the molecule is C#CCC(NC(=O)c1cccc(NC(=O)OCC2c3ccccc3-c3ccccc32)c1F)C(=O)O. The monoisotopic (exact) mass is 472 g/mol. The zero-order valence-electron chi connectivity index (χ0n) is 18.5. The van der Waals surface area contributed by atoms with Crippen molar-refractivity contribution in [2.75, 3.05) is 11.9 Å². The van der Waals surface area contributed by atoms with E-state index in [1.54, 1.807) is 0 Å². The lowest BCUT2D eigenvalue weighted by Gasteiger charge is -2.16. The number of halogens is 1. The van der Waals surface area contributed by atoms with Crippen molar-refractivity contribution in [1.29, 1.82) is 0 Å². The largest absolute Gasteiger partial charge is 0.480 e. The summed E-state index contributed by atoms with van der Waals surface area (Å²) >= 11 is 0. The van der Waals surface area contributed by atoms with Crippen LogP contribution in [-0.2, 0) is 9.53 Å². The Kier molecular flexibility index (Phi) is 6.78. The quantitative estimate of drug-likeness (QED) is 0.443. The molecule has 0 fully saturated rings. The van der Waals surface area contributed by atoms with Gasteiger partial charge in [0.2, 0.25) is 0 Å². The van der Waals surface area contributed by atoms with Crippen molar-refractivity contribution in [2.24, 2.45) is 0 Å². The van der Waals surface area contributed by atoms with Gasteiger partial charge < -0.3 is 15.2 Å². The van der Waals surface area contributed by atoms with Gasteiger partial charge in [-0.05, 0) is 34.4 Å². The van der Waals surface area contributed by atoms with E-state index in [4.69, 9.17) is 16.3 Å². The molecule has 7 nitrogen and oxygen atoms in total. The van der Waals surface area contributed by atoms with E-state index in [9.17, 15) is 18.8 Å². The fourth-order valence-corrected chi connectivity index (χ4v) is 4.10. The number of hydrogen-bond acceptors (Lipinski definition) is 4. The Hall–Kier alpha value is -4.64. The van der Waals surface area contributed by atoms with Crippen LogP contribution in [-0.4, -0.2) is 35.7 Å². The van der Waals surface area contributed by atoms with Crippen LogP contribution in [0.4, 0.5) is 14.9 Å². The highest BCUT2D eigenvalue weighted by molar-refractivity contribution is 5.98. The molecule has 3 N–H and O–H groups in total. The number of ether oxygens (including phenoxy) is 1. The topological polar surface area (TPSA) is 105 Å². The van der Waals surface area contributed by atoms with Gasteiger partial charge in [0, 0.05) is 12.3 Å². The van der Waals surface area contributed by atoms with E-state index in [0.717, 1.165) is 22.3 Å². The molecule has 1 unspecified atom stereocenters. The second-order valence-corrected chi connectivity index (χ2v) is 7.89. The summed E-state index contributed by atoms with van der Waals surface area (Å²) in [5.41, 5.74) is 3.50. The van der Waals surface area contributed by atoms with E-state index in [2.05, 4.69) is 16.6 Å². The van der Waals surface area contributed by atoms with Gasteiger partial charge in [0.05, 0.1) is 11.3 Å². The van der Waals surface area contributed by atoms with E-state index in [1.807, 2.05) is 48.5 Å². The number of carboxylic acid groups (broad SMARTS) is 1. The van der Waals surface area contributed by atoms with Gasteiger partial charge in [-0.25, -0.2) is 14.0 Å². The molecule has 2 amide bonds. The Balaban J connectivity index is 1.45. The van der Waals surface area contributed by atoms with E-state index >= 15 is 0 Å². The number of fused-ring (bicyclic) bond motifs is 3. The number of carbonyl (C=O) groups excluding carboxylic acids is 2. The lowest BCUT2D eigenvalue weighted by molar-refractivity contribution is -0.139. The molecule has 1 aliphatic rings. The maximum atomic E-state index is 14.9. The van der Waals surface area contributed by atoms with Crippen LogP contribution in [0.1, 0.15) is 33.8 Å². The molecule has 35 heavy (non-hydrogen) atoms. The predicted octanol–water partition coefficient (Wildman–Crippen LogP) is 4.39. The molecule has 0 heterocycles. The molecule has 4 rings (SSSR count). The molecule has 3 aromatic rings. The highest BCUT2D eigenvalue weighted by Gasteiger charge is 2.29. The van der Waals surface area contributed by atoms with Gasteiger partial charge in [0.15, 0.2) is 5.82 Å². The number of carbonyl (C=O) groups is 3. The minimum absolute atomic E-state index is 0.0358. The van der Waals surface area contributed by atoms with E-state index in [-0.39, 0.29) is 24.6 Å². The highest BCUT2D eigenvalue weighted by Crippen LogP contribution is 2.44. The molecule has 1 atom stereocenters. The Bertz CT molecular complexity index is 1300. The first-order valence-electron chi connectivity index (χ1n) is 10.8. The summed E-state index contributed by atoms with van der Waals surface area (Å²) < 4.78 is 20.3. The third-order valence-corrected chi connectivity index (χ3v) is 5.75. The summed E-state index contributed by atoms with van der Waals surface area (Å²) in [6.07, 6.45) is 3.96. The molecule has 0 radical (unpaired) electrons. The van der Waals surface area contributed by atoms with Gasteiger partial charge in [0.1, 0.15) is 12.6 Å². The summed E-state index contributed by atoms with van der Waals surface area (Å²) in [6.45, 7) is 0.0358. The van der Waals surface area contributed by atoms with Crippen molar-refractivity contribution in [3.8, 4) is 23.5 Å². The second kappa shape index (κ2) is 10.1. The Morgan fingerprint density at radius 1 is 1.00 bits per heavy atom. The highest BCUT2D eigenvalue weighted by atomic mass is 19.1. The van der Waals surface area contributed by atoms with Crippen LogP contribution < -0.4 is 10.6 Å². The number of anilines is 1. The van der Waals surface area contributed by atoms with Crippen molar-refractivity contribution in [3.05, 3.63) is 89.2 Å². The first-order valence-corrected chi connectivity index (χ1v) is 10.8. The summed E-state index contributed by atoms with van der Waals surface area (Å²) in [7, 11) is 0. The van der Waals surface area contributed by atoms with Crippen molar-refractivity contribution < 1.29 is 28.6 Å². The summed E-state index contributed by atoms with van der Waals surface area (Å²) in [6, 6.07) is 18.1. The number of aliphatic carboxylic acids is 1. The maximum Gasteiger partial charge on any atom is 0.411 e. The van der Waals surface area contributed by atoms with Crippen molar-refractivity contribution in [3.63, 3.8) is 0 Å². The minimum atomic E-state index is -1.37. The third-order valence-electron chi connectivity index (χ3n) is 5.75. The van der Waals surface area contributed by atoms with E-state index in [1.165, 1.54) is 18.2 Å². The standard InChI is InChI=1S/C27H21FN2O5/c1-2-8-23(26(32)33)29-25(31)20-13-7-14-22(24(20)28)30-27(34)35-15-21-18-11-5-3-9-16(18)17-10-4-6-12-19(17)21/h1,3-7,9-14,21,23H,8,15H2,(H,29,31)(H,30,34)(H,32,33). The Labute approximate surface area is 200 Å². The van der Waals surface area contributed by atoms with Crippen LogP contribution >= 0.6 is 0 Å². The number of carboxylic acids is 1. The molecular weight excluding hydrogens is 451 g/mol. The molecule has 0 aromatic heterocycles. The molecule has 0 bridgehead atoms. The van der Waals surface area contributed by atoms with Gasteiger partial charge >= 0.3 is 12.1 Å². The number of benzene rings is 3. The smallest absolute Gasteiger partial charge is 0.411 e. The number of hydrogen-bond donors (Lipinski definition) is 3. The van der Waals surface area contributed by atoms with Crippen LogP contribution in [0.5, 0.6) is 0 Å². The van der Waals surface area contributed by atoms with Gasteiger partial charge in [0.25, 0.3) is 5.91 Å². The third kappa shape index (κ3) is 4.84. The number of amides is 2. The summed E-state index contributed by atoms with van der Waals surface area (Å²) in [5.74, 6) is -1.36.